The Morgan fingerprint density at radius 1 is 0.806 bits per heavy atom. The molecular weight excluding hydrogens is 414 g/mol. The number of hydrogen-bond acceptors (Lipinski definition) is 4. The molecule has 0 saturated heterocycles. The summed E-state index contributed by atoms with van der Waals surface area (Å²) in [7, 11) is 0. The van der Waals surface area contributed by atoms with Crippen LogP contribution < -0.4 is 0 Å². The van der Waals surface area contributed by atoms with E-state index >= 15 is 0 Å². The SMILES string of the molecule is CC(=O)c1ccc(-n2c(O)c(O)c(C(=O)c3ccc(Cl)cc3)c2-c2ccccc2)cc1. The molecule has 0 spiro atoms. The van der Waals surface area contributed by atoms with Crippen LogP contribution in [0.1, 0.15) is 33.2 Å². The zero-order valence-electron chi connectivity index (χ0n) is 16.5. The number of carbonyl (C=O) groups excluding carboxylic acids is 2. The molecular formula is C25H18ClNO4. The first kappa shape index (κ1) is 20.4. The standard InChI is InChI=1S/C25H18ClNO4/c1-15(28)16-9-13-20(14-10-16)27-22(17-5-3-2-4-6-17)21(24(30)25(27)31)23(29)18-7-11-19(26)12-8-18/h2-14,30-31H,1H3. The third-order valence-electron chi connectivity index (χ3n) is 5.03. The monoisotopic (exact) mass is 431 g/mol. The molecule has 2 N–H and O–H groups in total. The molecule has 0 aliphatic heterocycles. The minimum atomic E-state index is -0.519. The number of ketones is 2. The zero-order chi connectivity index (χ0) is 22.1. The lowest BCUT2D eigenvalue weighted by Gasteiger charge is -2.12. The fourth-order valence-corrected chi connectivity index (χ4v) is 3.60. The largest absolute Gasteiger partial charge is 0.503 e. The number of rotatable bonds is 5. The van der Waals surface area contributed by atoms with Gasteiger partial charge in [0.15, 0.2) is 17.3 Å². The summed E-state index contributed by atoms with van der Waals surface area (Å²) in [5.74, 6) is -1.53. The van der Waals surface area contributed by atoms with E-state index < -0.39 is 17.4 Å². The molecule has 0 atom stereocenters. The third kappa shape index (κ3) is 3.71. The summed E-state index contributed by atoms with van der Waals surface area (Å²) in [4.78, 5) is 25.0. The molecule has 0 aliphatic rings. The van der Waals surface area contributed by atoms with Gasteiger partial charge in [0, 0.05) is 21.8 Å². The first-order valence-corrected chi connectivity index (χ1v) is 9.90. The molecule has 0 radical (unpaired) electrons. The average Bonchev–Trinajstić information content (AvgIpc) is 3.05. The number of benzene rings is 3. The fourth-order valence-electron chi connectivity index (χ4n) is 3.47. The van der Waals surface area contributed by atoms with Crippen LogP contribution in [0.25, 0.3) is 16.9 Å². The van der Waals surface area contributed by atoms with Crippen molar-refractivity contribution < 1.29 is 19.8 Å². The van der Waals surface area contributed by atoms with Crippen molar-refractivity contribution in [2.75, 3.05) is 0 Å². The van der Waals surface area contributed by atoms with Gasteiger partial charge in [-0.3, -0.25) is 14.2 Å². The second-order valence-corrected chi connectivity index (χ2v) is 7.47. The van der Waals surface area contributed by atoms with Crippen LogP contribution in [-0.4, -0.2) is 26.3 Å². The van der Waals surface area contributed by atoms with E-state index in [0.717, 1.165) is 0 Å². The molecule has 0 fully saturated rings. The number of aromatic nitrogens is 1. The van der Waals surface area contributed by atoms with Gasteiger partial charge >= 0.3 is 0 Å². The summed E-state index contributed by atoms with van der Waals surface area (Å²) in [6.07, 6.45) is 0. The predicted molar refractivity (Wildman–Crippen MR) is 119 cm³/mol. The van der Waals surface area contributed by atoms with Crippen LogP contribution in [0.3, 0.4) is 0 Å². The van der Waals surface area contributed by atoms with Crippen molar-refractivity contribution in [3.05, 3.63) is 101 Å². The smallest absolute Gasteiger partial charge is 0.240 e. The quantitative estimate of drug-likeness (QED) is 0.400. The number of halogens is 1. The Labute approximate surface area is 183 Å². The Morgan fingerprint density at radius 2 is 1.39 bits per heavy atom. The summed E-state index contributed by atoms with van der Waals surface area (Å²) in [6.45, 7) is 1.46. The highest BCUT2D eigenvalue weighted by atomic mass is 35.5. The molecule has 0 bridgehead atoms. The van der Waals surface area contributed by atoms with Crippen LogP contribution in [0.4, 0.5) is 0 Å². The first-order chi connectivity index (χ1) is 14.9. The maximum Gasteiger partial charge on any atom is 0.240 e. The van der Waals surface area contributed by atoms with E-state index in [0.29, 0.717) is 33.1 Å². The molecule has 5 nitrogen and oxygen atoms in total. The molecule has 31 heavy (non-hydrogen) atoms. The molecule has 6 heteroatoms. The molecule has 4 rings (SSSR count). The molecule has 0 unspecified atom stereocenters. The van der Waals surface area contributed by atoms with Crippen molar-refractivity contribution in [3.8, 4) is 28.6 Å². The highest BCUT2D eigenvalue weighted by molar-refractivity contribution is 6.30. The summed E-state index contributed by atoms with van der Waals surface area (Å²) in [5.41, 5.74) is 2.27. The number of hydrogen-bond donors (Lipinski definition) is 2. The van der Waals surface area contributed by atoms with Crippen LogP contribution in [0, 0.1) is 0 Å². The molecule has 3 aromatic carbocycles. The number of carbonyl (C=O) groups is 2. The fraction of sp³-hybridized carbons (Fsp3) is 0.0400. The van der Waals surface area contributed by atoms with Gasteiger partial charge in [-0.15, -0.1) is 0 Å². The van der Waals surface area contributed by atoms with Crippen LogP contribution in [0.5, 0.6) is 11.6 Å². The van der Waals surface area contributed by atoms with Gasteiger partial charge in [-0.25, -0.2) is 0 Å². The van der Waals surface area contributed by atoms with Crippen LogP contribution in [0.2, 0.25) is 5.02 Å². The molecule has 0 saturated carbocycles. The van der Waals surface area contributed by atoms with Gasteiger partial charge in [0.2, 0.25) is 5.88 Å². The second kappa shape index (κ2) is 8.13. The van der Waals surface area contributed by atoms with Crippen molar-refractivity contribution >= 4 is 23.2 Å². The van der Waals surface area contributed by atoms with E-state index in [4.69, 9.17) is 11.6 Å². The van der Waals surface area contributed by atoms with Gasteiger partial charge in [-0.2, -0.15) is 0 Å². The lowest BCUT2D eigenvalue weighted by molar-refractivity contribution is 0.101. The summed E-state index contributed by atoms with van der Waals surface area (Å²) in [6, 6.07) is 21.9. The Hall–Kier alpha value is -3.83. The first-order valence-electron chi connectivity index (χ1n) is 9.52. The van der Waals surface area contributed by atoms with E-state index in [9.17, 15) is 19.8 Å². The molecule has 154 valence electrons. The summed E-state index contributed by atoms with van der Waals surface area (Å²) < 4.78 is 1.40. The van der Waals surface area contributed by atoms with Crippen molar-refractivity contribution in [1.82, 2.24) is 4.57 Å². The van der Waals surface area contributed by atoms with E-state index in [1.807, 2.05) is 6.07 Å². The Bertz CT molecular complexity index is 1270. The van der Waals surface area contributed by atoms with Crippen LogP contribution in [0.15, 0.2) is 78.9 Å². The van der Waals surface area contributed by atoms with Gasteiger partial charge in [-0.1, -0.05) is 41.9 Å². The van der Waals surface area contributed by atoms with Crippen molar-refractivity contribution in [2.24, 2.45) is 0 Å². The Kier molecular flexibility index (Phi) is 5.36. The average molecular weight is 432 g/mol. The van der Waals surface area contributed by atoms with Gasteiger partial charge in [0.25, 0.3) is 0 Å². The van der Waals surface area contributed by atoms with E-state index in [2.05, 4.69) is 0 Å². The molecule has 1 aromatic heterocycles. The topological polar surface area (TPSA) is 79.5 Å². The van der Waals surface area contributed by atoms with Crippen molar-refractivity contribution in [3.63, 3.8) is 0 Å². The highest BCUT2D eigenvalue weighted by Gasteiger charge is 2.29. The van der Waals surface area contributed by atoms with Crippen molar-refractivity contribution in [2.45, 2.75) is 6.92 Å². The van der Waals surface area contributed by atoms with E-state index in [1.54, 1.807) is 72.8 Å². The molecule has 0 aliphatic carbocycles. The molecule has 4 aromatic rings. The number of nitrogens with zero attached hydrogens (tertiary/aromatic N) is 1. The zero-order valence-corrected chi connectivity index (χ0v) is 17.3. The maximum absolute atomic E-state index is 13.3. The minimum absolute atomic E-state index is 0.0262. The second-order valence-electron chi connectivity index (χ2n) is 7.04. The lowest BCUT2D eigenvalue weighted by atomic mass is 9.99. The van der Waals surface area contributed by atoms with Crippen LogP contribution >= 0.6 is 11.6 Å². The Balaban J connectivity index is 1.98. The third-order valence-corrected chi connectivity index (χ3v) is 5.29. The molecule has 1 heterocycles. The van der Waals surface area contributed by atoms with Gasteiger partial charge in [0.1, 0.15) is 0 Å². The lowest BCUT2D eigenvalue weighted by Crippen LogP contribution is -2.05. The summed E-state index contributed by atoms with van der Waals surface area (Å²) >= 11 is 5.94. The summed E-state index contributed by atoms with van der Waals surface area (Å²) in [5, 5.41) is 22.1. The van der Waals surface area contributed by atoms with Crippen molar-refractivity contribution in [1.29, 1.82) is 0 Å². The predicted octanol–water partition coefficient (Wildman–Crippen LogP) is 5.64. The van der Waals surface area contributed by atoms with Crippen LogP contribution in [-0.2, 0) is 0 Å². The number of aromatic hydroxyl groups is 2. The molecule has 0 amide bonds. The van der Waals surface area contributed by atoms with Gasteiger partial charge in [-0.05, 0) is 61.0 Å². The highest BCUT2D eigenvalue weighted by Crippen LogP contribution is 2.44. The normalized spacial score (nSPS) is 10.8. The maximum atomic E-state index is 13.3. The number of Topliss-reactive ketones (excluding diaryl/α,β-unsaturated/α-hetero) is 1. The van der Waals surface area contributed by atoms with E-state index in [1.165, 1.54) is 11.5 Å². The minimum Gasteiger partial charge on any atom is -0.503 e. The van der Waals surface area contributed by atoms with E-state index in [-0.39, 0.29) is 11.3 Å². The van der Waals surface area contributed by atoms with Gasteiger partial charge < -0.3 is 10.2 Å². The Morgan fingerprint density at radius 3 is 1.97 bits per heavy atom. The van der Waals surface area contributed by atoms with Gasteiger partial charge in [0.05, 0.1) is 11.3 Å².